The molecule has 9 nitrogen and oxygen atoms in total. The summed E-state index contributed by atoms with van der Waals surface area (Å²) in [5.41, 5.74) is -0.582. The van der Waals surface area contributed by atoms with Gasteiger partial charge in [0.25, 0.3) is 15.7 Å². The molecule has 2 rings (SSSR count). The number of nitrogens with zero attached hydrogens (tertiary/aromatic N) is 1. The molecule has 0 radical (unpaired) electrons. The number of nitro groups is 1. The van der Waals surface area contributed by atoms with Crippen LogP contribution in [0, 0.1) is 10.1 Å². The molecular formula is C15H14N2O7S. The fourth-order valence-corrected chi connectivity index (χ4v) is 3.32. The van der Waals surface area contributed by atoms with Gasteiger partial charge in [-0.2, -0.15) is 0 Å². The second-order valence-corrected chi connectivity index (χ2v) is 6.61. The minimum Gasteiger partial charge on any atom is -0.505 e. The number of benzene rings is 2. The fourth-order valence-electron chi connectivity index (χ4n) is 2.10. The summed E-state index contributed by atoms with van der Waals surface area (Å²) in [5, 5.41) is 20.8. The van der Waals surface area contributed by atoms with Gasteiger partial charge in [-0.25, -0.2) is 8.42 Å². The molecule has 0 amide bonds. The van der Waals surface area contributed by atoms with E-state index >= 15 is 0 Å². The zero-order valence-electron chi connectivity index (χ0n) is 13.2. The summed E-state index contributed by atoms with van der Waals surface area (Å²) >= 11 is 0. The van der Waals surface area contributed by atoms with Gasteiger partial charge in [0.2, 0.25) is 0 Å². The molecule has 0 bridgehead atoms. The van der Waals surface area contributed by atoms with Gasteiger partial charge in [-0.1, -0.05) is 6.07 Å². The molecule has 2 aromatic carbocycles. The highest BCUT2D eigenvalue weighted by Crippen LogP contribution is 2.33. The van der Waals surface area contributed by atoms with E-state index in [0.717, 1.165) is 18.2 Å². The molecule has 0 unspecified atom stereocenters. The average molecular weight is 366 g/mol. The Kier molecular flexibility index (Phi) is 4.93. The van der Waals surface area contributed by atoms with Crippen molar-refractivity contribution in [1.29, 1.82) is 0 Å². The molecule has 0 saturated carbocycles. The molecule has 0 aliphatic heterocycles. The lowest BCUT2D eigenvalue weighted by molar-refractivity contribution is -0.385. The molecule has 0 aliphatic carbocycles. The highest BCUT2D eigenvalue weighted by Gasteiger charge is 2.24. The van der Waals surface area contributed by atoms with Crippen LogP contribution in [0.15, 0.2) is 41.3 Å². The standard InChI is InChI=1S/C15H14N2O7S/c1-9(18)11-4-3-5-12(15(11)19)16-25(22,23)14-7-6-10(17(20)21)8-13(14)24-2/h3-8,16,19H,1-2H3. The monoisotopic (exact) mass is 366 g/mol. The molecule has 10 heteroatoms. The zero-order valence-corrected chi connectivity index (χ0v) is 14.0. The molecule has 0 saturated heterocycles. The molecule has 0 aromatic heterocycles. The van der Waals surface area contributed by atoms with Gasteiger partial charge in [-0.3, -0.25) is 19.6 Å². The van der Waals surface area contributed by atoms with Gasteiger partial charge in [-0.15, -0.1) is 0 Å². The second-order valence-electron chi connectivity index (χ2n) is 4.96. The van der Waals surface area contributed by atoms with Gasteiger partial charge in [-0.05, 0) is 25.1 Å². The van der Waals surface area contributed by atoms with E-state index in [1.165, 1.54) is 32.2 Å². The molecular weight excluding hydrogens is 352 g/mol. The van der Waals surface area contributed by atoms with Crippen molar-refractivity contribution in [3.8, 4) is 11.5 Å². The van der Waals surface area contributed by atoms with Crippen LogP contribution in [0.3, 0.4) is 0 Å². The SMILES string of the molecule is COc1cc([N+](=O)[O-])ccc1S(=O)(=O)Nc1cccc(C(C)=O)c1O. The first-order valence-corrected chi connectivity index (χ1v) is 8.34. The first kappa shape index (κ1) is 18.2. The van der Waals surface area contributed by atoms with Crippen LogP contribution < -0.4 is 9.46 Å². The molecule has 2 aromatic rings. The van der Waals surface area contributed by atoms with E-state index in [-0.39, 0.29) is 27.6 Å². The maximum absolute atomic E-state index is 12.5. The Morgan fingerprint density at radius 1 is 1.28 bits per heavy atom. The molecule has 0 spiro atoms. The fraction of sp³-hybridized carbons (Fsp3) is 0.133. The van der Waals surface area contributed by atoms with E-state index < -0.39 is 26.5 Å². The summed E-state index contributed by atoms with van der Waals surface area (Å²) < 4.78 is 32.1. The van der Waals surface area contributed by atoms with E-state index in [4.69, 9.17) is 4.74 Å². The third-order valence-corrected chi connectivity index (χ3v) is 4.71. The predicted octanol–water partition coefficient (Wildman–Crippen LogP) is 2.31. The molecule has 0 aliphatic rings. The topological polar surface area (TPSA) is 136 Å². The number of phenols is 1. The zero-order chi connectivity index (χ0) is 18.8. The number of ketones is 1. The van der Waals surface area contributed by atoms with Crippen LogP contribution in [0.2, 0.25) is 0 Å². The van der Waals surface area contributed by atoms with Gasteiger partial charge in [0.05, 0.1) is 29.4 Å². The summed E-state index contributed by atoms with van der Waals surface area (Å²) in [5.74, 6) is -1.19. The number of carbonyl (C=O) groups excluding carboxylic acids is 1. The number of anilines is 1. The summed E-state index contributed by atoms with van der Waals surface area (Å²) in [6.45, 7) is 1.23. The molecule has 2 N–H and O–H groups in total. The van der Waals surface area contributed by atoms with Crippen molar-refractivity contribution in [3.05, 3.63) is 52.1 Å². The number of hydrogen-bond acceptors (Lipinski definition) is 7. The van der Waals surface area contributed by atoms with Crippen molar-refractivity contribution in [1.82, 2.24) is 0 Å². The van der Waals surface area contributed by atoms with Gasteiger partial charge in [0.1, 0.15) is 16.4 Å². The lowest BCUT2D eigenvalue weighted by atomic mass is 10.1. The average Bonchev–Trinajstić information content (AvgIpc) is 2.55. The number of non-ortho nitro benzene ring substituents is 1. The van der Waals surface area contributed by atoms with Crippen LogP contribution in [0.25, 0.3) is 0 Å². The van der Waals surface area contributed by atoms with Crippen LogP contribution in [0.4, 0.5) is 11.4 Å². The van der Waals surface area contributed by atoms with E-state index in [2.05, 4.69) is 4.72 Å². The molecule has 25 heavy (non-hydrogen) atoms. The number of phenolic OH excluding ortho intramolecular Hbond substituents is 1. The first-order chi connectivity index (χ1) is 11.7. The van der Waals surface area contributed by atoms with E-state index in [9.17, 15) is 28.4 Å². The quantitative estimate of drug-likeness (QED) is 0.346. The molecule has 0 fully saturated rings. The van der Waals surface area contributed by atoms with Crippen molar-refractivity contribution in [2.24, 2.45) is 0 Å². The Morgan fingerprint density at radius 3 is 2.52 bits per heavy atom. The molecule has 0 atom stereocenters. The number of nitrogens with one attached hydrogen (secondary N) is 1. The number of nitro benzene ring substituents is 1. The van der Waals surface area contributed by atoms with E-state index in [1.807, 2.05) is 0 Å². The number of para-hydroxylation sites is 1. The summed E-state index contributed by atoms with van der Waals surface area (Å²) in [6, 6.07) is 7.04. The smallest absolute Gasteiger partial charge is 0.273 e. The number of rotatable bonds is 6. The van der Waals surface area contributed by atoms with Crippen molar-refractivity contribution < 1.29 is 28.0 Å². The maximum atomic E-state index is 12.5. The van der Waals surface area contributed by atoms with Crippen molar-refractivity contribution in [2.45, 2.75) is 11.8 Å². The second kappa shape index (κ2) is 6.77. The summed E-state index contributed by atoms with van der Waals surface area (Å²) in [7, 11) is -3.06. The third kappa shape index (κ3) is 3.69. The summed E-state index contributed by atoms with van der Waals surface area (Å²) in [4.78, 5) is 21.2. The Balaban J connectivity index is 2.49. The number of methoxy groups -OCH3 is 1. The van der Waals surface area contributed by atoms with Gasteiger partial charge in [0.15, 0.2) is 5.78 Å². The van der Waals surface area contributed by atoms with Crippen LogP contribution in [-0.2, 0) is 10.0 Å². The van der Waals surface area contributed by atoms with Gasteiger partial charge < -0.3 is 9.84 Å². The van der Waals surface area contributed by atoms with Gasteiger partial charge >= 0.3 is 0 Å². The highest BCUT2D eigenvalue weighted by atomic mass is 32.2. The van der Waals surface area contributed by atoms with Crippen LogP contribution in [0.1, 0.15) is 17.3 Å². The normalized spacial score (nSPS) is 11.0. The largest absolute Gasteiger partial charge is 0.505 e. The lowest BCUT2D eigenvalue weighted by Gasteiger charge is -2.13. The minimum atomic E-state index is -4.23. The van der Waals surface area contributed by atoms with Crippen LogP contribution >= 0.6 is 0 Å². The van der Waals surface area contributed by atoms with E-state index in [1.54, 1.807) is 0 Å². The highest BCUT2D eigenvalue weighted by molar-refractivity contribution is 7.92. The van der Waals surface area contributed by atoms with Crippen LogP contribution in [-0.4, -0.2) is 31.3 Å². The molecule has 132 valence electrons. The maximum Gasteiger partial charge on any atom is 0.273 e. The lowest BCUT2D eigenvalue weighted by Crippen LogP contribution is -2.15. The summed E-state index contributed by atoms with van der Waals surface area (Å²) in [6.07, 6.45) is 0. The van der Waals surface area contributed by atoms with Crippen molar-refractivity contribution >= 4 is 27.2 Å². The Morgan fingerprint density at radius 2 is 1.96 bits per heavy atom. The predicted molar refractivity (Wildman–Crippen MR) is 88.6 cm³/mol. The number of sulfonamides is 1. The third-order valence-electron chi connectivity index (χ3n) is 3.31. The first-order valence-electron chi connectivity index (χ1n) is 6.85. The number of carbonyl (C=O) groups is 1. The number of Topliss-reactive ketones (excluding diaryl/α,β-unsaturated/α-hetero) is 1. The molecule has 0 heterocycles. The van der Waals surface area contributed by atoms with Crippen molar-refractivity contribution in [2.75, 3.05) is 11.8 Å². The number of aromatic hydroxyl groups is 1. The number of ether oxygens (including phenoxy) is 1. The Bertz CT molecular complexity index is 954. The van der Waals surface area contributed by atoms with Gasteiger partial charge in [0, 0.05) is 6.07 Å². The Labute approximate surface area is 143 Å². The van der Waals surface area contributed by atoms with Crippen LogP contribution in [0.5, 0.6) is 11.5 Å². The van der Waals surface area contributed by atoms with E-state index in [0.29, 0.717) is 0 Å². The Hall–Kier alpha value is -3.14. The number of hydrogen-bond donors (Lipinski definition) is 2. The van der Waals surface area contributed by atoms with Crippen molar-refractivity contribution in [3.63, 3.8) is 0 Å². The minimum absolute atomic E-state index is 0.0455.